The molecule has 0 radical (unpaired) electrons. The standard InChI is InChI=1S/C53H69N7O12/c1-7-35-32(2)41-29-46-39-11-8-38(51(65)72-19-14-54)50(52(66)67-6)53(39,5)47(60-46)31-42-34(4)37(10-13-49(64)56-16-21-69-25-27-71-23-18-62)45(59-42)30-44-36(33(3)40(58-44)28-43(35)57-41)9-12-48(63)55-15-20-68-24-26-70-22-17-61/h7-8,11,28-31,50,57,59,61-62H,1,9-10,12-27,54H2,2-6H3,(H,55,63)(H,56,64). The topological polar surface area (TPSA) is 272 Å². The number of nitrogens with zero attached hydrogens (tertiary/aromatic N) is 2. The second kappa shape index (κ2) is 26.4. The Hall–Kier alpha value is -6.32. The molecule has 2 atom stereocenters. The van der Waals surface area contributed by atoms with Crippen molar-refractivity contribution in [2.24, 2.45) is 11.7 Å². The van der Waals surface area contributed by atoms with E-state index in [9.17, 15) is 19.2 Å². The zero-order valence-corrected chi connectivity index (χ0v) is 42.0. The van der Waals surface area contributed by atoms with Crippen molar-refractivity contribution >= 4 is 68.6 Å². The van der Waals surface area contributed by atoms with Gasteiger partial charge in [0.2, 0.25) is 11.8 Å². The number of aliphatic hydroxyl groups is 2. The van der Waals surface area contributed by atoms with Crippen molar-refractivity contribution in [2.45, 2.75) is 58.8 Å². The Labute approximate surface area is 419 Å². The summed E-state index contributed by atoms with van der Waals surface area (Å²) in [4.78, 5) is 72.0. The second-order valence-corrected chi connectivity index (χ2v) is 17.6. The smallest absolute Gasteiger partial charge is 0.334 e. The van der Waals surface area contributed by atoms with Crippen molar-refractivity contribution < 1.29 is 57.8 Å². The molecule has 1 aliphatic carbocycles. The quantitative estimate of drug-likeness (QED) is 0.0419. The molecule has 19 heteroatoms. The van der Waals surface area contributed by atoms with Crippen molar-refractivity contribution in [3.05, 3.63) is 93.6 Å². The van der Waals surface area contributed by atoms with Crippen molar-refractivity contribution in [3.8, 4) is 0 Å². The molecule has 19 nitrogen and oxygen atoms in total. The summed E-state index contributed by atoms with van der Waals surface area (Å²) in [7, 11) is 1.28. The van der Waals surface area contributed by atoms with E-state index >= 15 is 0 Å². The van der Waals surface area contributed by atoms with Crippen LogP contribution in [0.25, 0.3) is 44.9 Å². The monoisotopic (exact) mass is 996 g/mol. The number of aromatic nitrogens is 4. The predicted octanol–water partition coefficient (Wildman–Crippen LogP) is 4.07. The maximum Gasteiger partial charge on any atom is 0.334 e. The molecule has 2 unspecified atom stereocenters. The highest BCUT2D eigenvalue weighted by molar-refractivity contribution is 6.02. The van der Waals surface area contributed by atoms with E-state index in [1.165, 1.54) is 7.11 Å². The Bertz CT molecular complexity index is 2740. The van der Waals surface area contributed by atoms with E-state index in [2.05, 4.69) is 27.2 Å². The number of hydrogen-bond acceptors (Lipinski definition) is 15. The molecule has 0 aromatic carbocycles. The molecule has 0 saturated carbocycles. The van der Waals surface area contributed by atoms with Gasteiger partial charge >= 0.3 is 11.9 Å². The Morgan fingerprint density at radius 1 is 0.736 bits per heavy atom. The largest absolute Gasteiger partial charge is 0.469 e. The van der Waals surface area contributed by atoms with Crippen molar-refractivity contribution in [1.29, 1.82) is 0 Å². The number of carbonyl (C=O) groups is 4. The first-order valence-electron chi connectivity index (χ1n) is 24.3. The third kappa shape index (κ3) is 13.0. The lowest BCUT2D eigenvalue weighted by Gasteiger charge is -2.36. The maximum atomic E-state index is 14.1. The number of hydrogen-bond donors (Lipinski definition) is 7. The molecule has 388 valence electrons. The second-order valence-electron chi connectivity index (χ2n) is 17.6. The van der Waals surface area contributed by atoms with Crippen molar-refractivity contribution in [2.75, 3.05) is 99.4 Å². The number of H-pyrrole nitrogens is 2. The van der Waals surface area contributed by atoms with Crippen LogP contribution in [0, 0.1) is 19.8 Å². The summed E-state index contributed by atoms with van der Waals surface area (Å²) in [5, 5.41) is 23.7. The van der Waals surface area contributed by atoms with Crippen LogP contribution in [0.2, 0.25) is 0 Å². The number of fused-ring (bicyclic) bond motifs is 11. The maximum absolute atomic E-state index is 14.1. The lowest BCUT2D eigenvalue weighted by molar-refractivity contribution is -0.149. The van der Waals surface area contributed by atoms with Crippen molar-refractivity contribution in [3.63, 3.8) is 0 Å². The molecule has 0 spiro atoms. The lowest BCUT2D eigenvalue weighted by atomic mass is 9.64. The molecule has 0 saturated heterocycles. The molecule has 8 N–H and O–H groups in total. The van der Waals surface area contributed by atoms with Gasteiger partial charge in [-0.2, -0.15) is 0 Å². The minimum atomic E-state index is -1.24. The molecule has 5 heterocycles. The fraction of sp³-hybridized carbons (Fsp3) is 0.472. The van der Waals surface area contributed by atoms with Crippen LogP contribution in [0.4, 0.5) is 0 Å². The van der Waals surface area contributed by atoms with Crippen LogP contribution in [0.5, 0.6) is 0 Å². The number of aryl methyl sites for hydroxylation is 3. The number of carbonyl (C=O) groups excluding carboxylic acids is 4. The van der Waals surface area contributed by atoms with E-state index in [0.29, 0.717) is 98.3 Å². The number of methoxy groups -OCH3 is 1. The minimum absolute atomic E-state index is 0.0441. The number of rotatable bonds is 27. The van der Waals surface area contributed by atoms with E-state index in [4.69, 9.17) is 54.3 Å². The van der Waals surface area contributed by atoms with Gasteiger partial charge in [-0.15, -0.1) is 0 Å². The Morgan fingerprint density at radius 3 is 1.93 bits per heavy atom. The van der Waals surface area contributed by atoms with Crippen LogP contribution in [0.15, 0.2) is 48.6 Å². The van der Waals surface area contributed by atoms with Crippen molar-refractivity contribution in [1.82, 2.24) is 30.6 Å². The van der Waals surface area contributed by atoms with E-state index in [1.54, 1.807) is 18.2 Å². The lowest BCUT2D eigenvalue weighted by Crippen LogP contribution is -2.42. The van der Waals surface area contributed by atoms with Gasteiger partial charge in [0.15, 0.2) is 0 Å². The number of nitrogens with one attached hydrogen (secondary N) is 4. The summed E-state index contributed by atoms with van der Waals surface area (Å²) in [6.07, 6.45) is 6.17. The summed E-state index contributed by atoms with van der Waals surface area (Å²) in [6.45, 7) is 14.9. The predicted molar refractivity (Wildman–Crippen MR) is 273 cm³/mol. The normalized spacial score (nSPS) is 16.2. The fourth-order valence-electron chi connectivity index (χ4n) is 9.19. The number of allylic oxidation sites excluding steroid dienone is 5. The zero-order chi connectivity index (χ0) is 51.8. The number of aliphatic hydroxyl groups excluding tert-OH is 2. The van der Waals surface area contributed by atoms with Gasteiger partial charge in [0.1, 0.15) is 12.5 Å². The summed E-state index contributed by atoms with van der Waals surface area (Å²) in [5.41, 5.74) is 15.6. The SMILES string of the molecule is C=Cc1c(C)c2cc3nc(cc4[nH]c(cc5nc(cc1[nH]2)C(C)=C5CCC(=O)NCCOCCOCCO)c(CCC(=O)NCCOCCOCCO)c4C)C1(C)C3=CC=C(C(=O)OCCN)C1C(=O)OC. The number of amides is 2. The van der Waals surface area contributed by atoms with Gasteiger partial charge in [-0.3, -0.25) is 19.4 Å². The van der Waals surface area contributed by atoms with Crippen LogP contribution >= 0.6 is 0 Å². The Kier molecular flexibility index (Phi) is 20.2. The number of esters is 2. The Balaban J connectivity index is 1.47. The molecule has 72 heavy (non-hydrogen) atoms. The summed E-state index contributed by atoms with van der Waals surface area (Å²) in [5.74, 6) is -2.85. The molecule has 3 aliphatic rings. The fourth-order valence-corrected chi connectivity index (χ4v) is 9.19. The van der Waals surface area contributed by atoms with Gasteiger partial charge in [-0.05, 0) is 98.2 Å². The highest BCUT2D eigenvalue weighted by Crippen LogP contribution is 2.52. The summed E-state index contributed by atoms with van der Waals surface area (Å²) >= 11 is 0. The third-order valence-corrected chi connectivity index (χ3v) is 13.0. The minimum Gasteiger partial charge on any atom is -0.469 e. The van der Waals surface area contributed by atoms with Gasteiger partial charge in [-0.25, -0.2) is 9.78 Å². The van der Waals surface area contributed by atoms with E-state index in [0.717, 1.165) is 44.4 Å². The zero-order valence-electron chi connectivity index (χ0n) is 42.0. The van der Waals surface area contributed by atoms with Gasteiger partial charge in [0, 0.05) is 60.1 Å². The molecule has 0 fully saturated rings. The molecule has 3 aromatic rings. The van der Waals surface area contributed by atoms with E-state index in [-0.39, 0.29) is 76.4 Å². The Morgan fingerprint density at radius 2 is 1.32 bits per heavy atom. The van der Waals surface area contributed by atoms with Crippen LogP contribution < -0.4 is 16.4 Å². The van der Waals surface area contributed by atoms with E-state index < -0.39 is 23.3 Å². The number of nitrogens with two attached hydrogens (primary N) is 1. The molecule has 6 rings (SSSR count). The first-order valence-corrected chi connectivity index (χ1v) is 24.3. The third-order valence-electron chi connectivity index (χ3n) is 13.0. The van der Waals surface area contributed by atoms with Gasteiger partial charge in [0.05, 0.1) is 107 Å². The average molecular weight is 996 g/mol. The van der Waals surface area contributed by atoms with Crippen LogP contribution in [0.1, 0.15) is 78.1 Å². The highest BCUT2D eigenvalue weighted by atomic mass is 16.5. The number of ether oxygens (including phenoxy) is 6. The highest BCUT2D eigenvalue weighted by Gasteiger charge is 2.53. The molecule has 2 aliphatic heterocycles. The van der Waals surface area contributed by atoms with Gasteiger partial charge in [-0.1, -0.05) is 24.8 Å². The van der Waals surface area contributed by atoms with Crippen LogP contribution in [-0.2, 0) is 59.4 Å². The summed E-state index contributed by atoms with van der Waals surface area (Å²) in [6, 6.07) is 7.72. The molecule has 8 bridgehead atoms. The first kappa shape index (κ1) is 55.0. The van der Waals surface area contributed by atoms with Gasteiger partial charge < -0.3 is 65.0 Å². The van der Waals surface area contributed by atoms with Crippen LogP contribution in [0.3, 0.4) is 0 Å². The summed E-state index contributed by atoms with van der Waals surface area (Å²) < 4.78 is 32.5. The molecular formula is C53H69N7O12. The average Bonchev–Trinajstić information content (AvgIpc) is 4.03. The van der Waals surface area contributed by atoms with Crippen LogP contribution in [-0.4, -0.2) is 153 Å². The first-order chi connectivity index (χ1) is 34.8. The van der Waals surface area contributed by atoms with E-state index in [1.807, 2.05) is 52.0 Å². The molecule has 2 amide bonds. The molecular weight excluding hydrogens is 927 g/mol. The molecule has 3 aromatic heterocycles. The van der Waals surface area contributed by atoms with Gasteiger partial charge in [0.25, 0.3) is 0 Å². The number of aromatic amines is 2.